The highest BCUT2D eigenvalue weighted by molar-refractivity contribution is 5.71. The van der Waals surface area contributed by atoms with Gasteiger partial charge in [0.1, 0.15) is 11.6 Å². The Hall–Kier alpha value is -2.39. The maximum atomic E-state index is 12.8. The Morgan fingerprint density at radius 3 is 2.35 bits per heavy atom. The zero-order valence-corrected chi connectivity index (χ0v) is 13.8. The topological polar surface area (TPSA) is 98.5 Å². The number of halogens is 3. The molecule has 3 rings (SSSR count). The first-order valence-electron chi connectivity index (χ1n) is 8.04. The molecule has 0 spiro atoms. The van der Waals surface area contributed by atoms with Crippen molar-refractivity contribution < 1.29 is 28.5 Å². The van der Waals surface area contributed by atoms with Crippen molar-refractivity contribution in [2.24, 2.45) is 0 Å². The van der Waals surface area contributed by atoms with Gasteiger partial charge in [-0.25, -0.2) is 0 Å². The number of aromatic hydroxyl groups is 1. The molecule has 1 heterocycles. The summed E-state index contributed by atoms with van der Waals surface area (Å²) in [5.74, 6) is -0.169. The summed E-state index contributed by atoms with van der Waals surface area (Å²) in [6.07, 6.45) is -5.19. The molecule has 3 atom stereocenters. The second-order valence-electron chi connectivity index (χ2n) is 6.37. The van der Waals surface area contributed by atoms with Crippen molar-refractivity contribution in [1.29, 1.82) is 0 Å². The third-order valence-corrected chi connectivity index (χ3v) is 4.48. The van der Waals surface area contributed by atoms with Crippen molar-refractivity contribution in [2.45, 2.75) is 44.2 Å². The van der Waals surface area contributed by atoms with Gasteiger partial charge in [-0.3, -0.25) is 0 Å². The second kappa shape index (κ2) is 6.73. The summed E-state index contributed by atoms with van der Waals surface area (Å²) >= 11 is 0. The molecule has 0 unspecified atom stereocenters. The monoisotopic (exact) mass is 369 g/mol. The first-order chi connectivity index (χ1) is 12.2. The van der Waals surface area contributed by atoms with Crippen LogP contribution >= 0.6 is 0 Å². The van der Waals surface area contributed by atoms with E-state index in [2.05, 4.69) is 15.5 Å². The molecule has 2 aromatic rings. The predicted octanol–water partition coefficient (Wildman–Crippen LogP) is 2.47. The lowest BCUT2D eigenvalue weighted by Gasteiger charge is -2.18. The molecule has 0 bridgehead atoms. The number of anilines is 1. The SMILES string of the molecule is Cc1cc(C(F)(F)F)cc(O)c1-c1ccc(N[C@@H]2CC[C@H](O)[C@H]2O)nn1. The molecule has 4 N–H and O–H groups in total. The average molecular weight is 369 g/mol. The Labute approximate surface area is 147 Å². The van der Waals surface area contributed by atoms with Gasteiger partial charge in [0.25, 0.3) is 0 Å². The maximum absolute atomic E-state index is 12.8. The zero-order valence-electron chi connectivity index (χ0n) is 13.8. The minimum absolute atomic E-state index is 0.174. The minimum atomic E-state index is -4.55. The van der Waals surface area contributed by atoms with Crippen LogP contribution in [0.4, 0.5) is 19.0 Å². The number of nitrogens with one attached hydrogen (secondary N) is 1. The summed E-state index contributed by atoms with van der Waals surface area (Å²) in [6.45, 7) is 1.45. The lowest BCUT2D eigenvalue weighted by Crippen LogP contribution is -2.34. The van der Waals surface area contributed by atoms with Crippen LogP contribution in [0.1, 0.15) is 24.0 Å². The number of aliphatic hydroxyl groups is 2. The van der Waals surface area contributed by atoms with Crippen LogP contribution in [0.5, 0.6) is 5.75 Å². The molecule has 1 fully saturated rings. The largest absolute Gasteiger partial charge is 0.507 e. The lowest BCUT2D eigenvalue weighted by atomic mass is 10.0. The van der Waals surface area contributed by atoms with Crippen LogP contribution in [0.2, 0.25) is 0 Å². The van der Waals surface area contributed by atoms with E-state index in [9.17, 15) is 28.5 Å². The first-order valence-corrected chi connectivity index (χ1v) is 8.04. The fourth-order valence-electron chi connectivity index (χ4n) is 3.12. The number of aryl methyl sites for hydroxylation is 1. The van der Waals surface area contributed by atoms with E-state index in [4.69, 9.17) is 0 Å². The van der Waals surface area contributed by atoms with Gasteiger partial charge in [-0.05, 0) is 49.6 Å². The normalized spacial score (nSPS) is 23.2. The molecule has 0 aliphatic heterocycles. The molecule has 1 aliphatic rings. The average Bonchev–Trinajstić information content (AvgIpc) is 2.87. The number of phenolic OH excluding ortho intramolecular Hbond substituents is 1. The van der Waals surface area contributed by atoms with Crippen LogP contribution < -0.4 is 5.32 Å². The quantitative estimate of drug-likeness (QED) is 0.664. The van der Waals surface area contributed by atoms with Crippen molar-refractivity contribution in [2.75, 3.05) is 5.32 Å². The van der Waals surface area contributed by atoms with Gasteiger partial charge in [-0.1, -0.05) is 0 Å². The standard InChI is InChI=1S/C17H18F3N3O3/c1-8-6-9(17(18,19)20)7-13(25)15(8)10-3-5-14(23-22-10)21-11-2-4-12(24)16(11)26/h3,5-7,11-12,16,24-26H,2,4H2,1H3,(H,21,23)/t11-,12+,16+/m1/s1. The van der Waals surface area contributed by atoms with Crippen molar-refractivity contribution in [3.05, 3.63) is 35.4 Å². The molecule has 1 aromatic heterocycles. The Morgan fingerprint density at radius 2 is 1.85 bits per heavy atom. The smallest absolute Gasteiger partial charge is 0.416 e. The minimum Gasteiger partial charge on any atom is -0.507 e. The fourth-order valence-corrected chi connectivity index (χ4v) is 3.12. The van der Waals surface area contributed by atoms with Gasteiger partial charge >= 0.3 is 6.18 Å². The van der Waals surface area contributed by atoms with E-state index in [0.29, 0.717) is 24.7 Å². The van der Waals surface area contributed by atoms with Crippen LogP contribution in [0, 0.1) is 6.92 Å². The van der Waals surface area contributed by atoms with Gasteiger partial charge in [-0.2, -0.15) is 13.2 Å². The van der Waals surface area contributed by atoms with Crippen molar-refractivity contribution in [1.82, 2.24) is 10.2 Å². The van der Waals surface area contributed by atoms with Crippen molar-refractivity contribution in [3.8, 4) is 17.0 Å². The van der Waals surface area contributed by atoms with Gasteiger partial charge in [0.05, 0.1) is 29.5 Å². The maximum Gasteiger partial charge on any atom is 0.416 e. The van der Waals surface area contributed by atoms with Crippen LogP contribution in [-0.2, 0) is 6.18 Å². The highest BCUT2D eigenvalue weighted by Gasteiger charge is 2.34. The summed E-state index contributed by atoms with van der Waals surface area (Å²) in [7, 11) is 0. The Kier molecular flexibility index (Phi) is 4.76. The van der Waals surface area contributed by atoms with E-state index < -0.39 is 29.7 Å². The van der Waals surface area contributed by atoms with Crippen LogP contribution in [0.15, 0.2) is 24.3 Å². The summed E-state index contributed by atoms with van der Waals surface area (Å²) in [5, 5.41) is 40.2. The second-order valence-corrected chi connectivity index (χ2v) is 6.37. The number of hydrogen-bond acceptors (Lipinski definition) is 6. The molecule has 0 amide bonds. The van der Waals surface area contributed by atoms with Gasteiger partial charge in [0.2, 0.25) is 0 Å². The number of rotatable bonds is 3. The summed E-state index contributed by atoms with van der Waals surface area (Å²) in [4.78, 5) is 0. The molecule has 0 saturated heterocycles. The molecule has 0 radical (unpaired) electrons. The summed E-state index contributed by atoms with van der Waals surface area (Å²) in [6, 6.07) is 4.32. The number of nitrogens with zero attached hydrogens (tertiary/aromatic N) is 2. The number of aromatic nitrogens is 2. The van der Waals surface area contributed by atoms with Crippen LogP contribution in [-0.4, -0.2) is 43.8 Å². The Morgan fingerprint density at radius 1 is 1.12 bits per heavy atom. The van der Waals surface area contributed by atoms with E-state index >= 15 is 0 Å². The van der Waals surface area contributed by atoms with E-state index in [-0.39, 0.29) is 22.9 Å². The molecule has 140 valence electrons. The molecular weight excluding hydrogens is 351 g/mol. The molecular formula is C17H18F3N3O3. The van der Waals surface area contributed by atoms with Gasteiger partial charge in [0.15, 0.2) is 0 Å². The lowest BCUT2D eigenvalue weighted by molar-refractivity contribution is -0.137. The van der Waals surface area contributed by atoms with Gasteiger partial charge in [-0.15, -0.1) is 10.2 Å². The number of aliphatic hydroxyl groups excluding tert-OH is 2. The van der Waals surface area contributed by atoms with Crippen LogP contribution in [0.3, 0.4) is 0 Å². The molecule has 9 heteroatoms. The Bertz CT molecular complexity index is 773. The van der Waals surface area contributed by atoms with Crippen molar-refractivity contribution in [3.63, 3.8) is 0 Å². The Balaban J connectivity index is 1.83. The molecule has 1 aromatic carbocycles. The van der Waals surface area contributed by atoms with Crippen LogP contribution in [0.25, 0.3) is 11.3 Å². The zero-order chi connectivity index (χ0) is 19.1. The number of hydrogen-bond donors (Lipinski definition) is 4. The third-order valence-electron chi connectivity index (χ3n) is 4.48. The third kappa shape index (κ3) is 3.58. The van der Waals surface area contributed by atoms with Gasteiger partial charge < -0.3 is 20.6 Å². The fraction of sp³-hybridized carbons (Fsp3) is 0.412. The molecule has 26 heavy (non-hydrogen) atoms. The van der Waals surface area contributed by atoms with E-state index in [0.717, 1.165) is 6.07 Å². The summed E-state index contributed by atoms with van der Waals surface area (Å²) < 4.78 is 38.4. The number of alkyl halides is 3. The predicted molar refractivity (Wildman–Crippen MR) is 87.5 cm³/mol. The number of benzene rings is 1. The van der Waals surface area contributed by atoms with E-state index in [1.807, 2.05) is 0 Å². The molecule has 1 aliphatic carbocycles. The highest BCUT2D eigenvalue weighted by atomic mass is 19.4. The van der Waals surface area contributed by atoms with E-state index in [1.165, 1.54) is 13.0 Å². The first kappa shape index (κ1) is 18.4. The number of phenols is 1. The highest BCUT2D eigenvalue weighted by Crippen LogP contribution is 2.38. The molecule has 6 nitrogen and oxygen atoms in total. The molecule has 1 saturated carbocycles. The summed E-state index contributed by atoms with van der Waals surface area (Å²) in [5.41, 5.74) is -0.308. The van der Waals surface area contributed by atoms with Crippen molar-refractivity contribution >= 4 is 5.82 Å². The van der Waals surface area contributed by atoms with Gasteiger partial charge in [0, 0.05) is 5.56 Å². The van der Waals surface area contributed by atoms with E-state index in [1.54, 1.807) is 6.07 Å².